The van der Waals surface area contributed by atoms with E-state index in [1.807, 2.05) is 19.1 Å². The van der Waals surface area contributed by atoms with Crippen LogP contribution in [0.2, 0.25) is 0 Å². The first-order chi connectivity index (χ1) is 15.4. The van der Waals surface area contributed by atoms with Crippen LogP contribution >= 0.6 is 0 Å². The van der Waals surface area contributed by atoms with Crippen LogP contribution in [0.15, 0.2) is 35.2 Å². The number of aromatic nitrogens is 1. The molecule has 1 N–H and O–H groups in total. The Morgan fingerprint density at radius 3 is 2.66 bits per heavy atom. The van der Waals surface area contributed by atoms with Crippen LogP contribution < -0.4 is 10.2 Å². The maximum Gasteiger partial charge on any atom is 0.243 e. The van der Waals surface area contributed by atoms with E-state index in [2.05, 4.69) is 17.1 Å². The predicted octanol–water partition coefficient (Wildman–Crippen LogP) is 3.54. The number of fused-ring (bicyclic) bond motifs is 1. The molecule has 3 heterocycles. The fraction of sp³-hybridized carbons (Fsp3) is 0.583. The first kappa shape index (κ1) is 23.0. The highest BCUT2D eigenvalue weighted by molar-refractivity contribution is 7.89. The summed E-state index contributed by atoms with van der Waals surface area (Å²) in [5.74, 6) is 0.926. The number of nitrogens with zero attached hydrogens (tertiary/aromatic N) is 3. The topological polar surface area (TPSA) is 82.6 Å². The molecule has 174 valence electrons. The molecule has 1 aromatic heterocycles. The molecule has 0 bridgehead atoms. The summed E-state index contributed by atoms with van der Waals surface area (Å²) >= 11 is 0. The quantitative estimate of drug-likeness (QED) is 0.716. The zero-order valence-corrected chi connectivity index (χ0v) is 19.9. The van der Waals surface area contributed by atoms with E-state index in [9.17, 15) is 13.2 Å². The molecule has 2 aliphatic rings. The fourth-order valence-corrected chi connectivity index (χ4v) is 6.10. The van der Waals surface area contributed by atoms with E-state index in [4.69, 9.17) is 4.98 Å². The Morgan fingerprint density at radius 1 is 1.12 bits per heavy atom. The number of piperidine rings is 2. The van der Waals surface area contributed by atoms with Gasteiger partial charge in [-0.1, -0.05) is 13.3 Å². The van der Waals surface area contributed by atoms with Gasteiger partial charge in [-0.05, 0) is 69.4 Å². The molecule has 2 fully saturated rings. The molecule has 2 atom stereocenters. The van der Waals surface area contributed by atoms with Gasteiger partial charge < -0.3 is 10.2 Å². The van der Waals surface area contributed by atoms with E-state index in [-0.39, 0.29) is 17.9 Å². The molecule has 0 spiro atoms. The second kappa shape index (κ2) is 9.75. The maximum atomic E-state index is 13.0. The molecular weight excluding hydrogens is 424 g/mol. The number of benzene rings is 1. The largest absolute Gasteiger partial charge is 0.356 e. The summed E-state index contributed by atoms with van der Waals surface area (Å²) in [6.45, 7) is 6.81. The van der Waals surface area contributed by atoms with Crippen molar-refractivity contribution in [2.75, 3.05) is 31.1 Å². The Labute approximate surface area is 191 Å². The lowest BCUT2D eigenvalue weighted by Crippen LogP contribution is -2.45. The molecule has 0 aliphatic carbocycles. The molecule has 7 nitrogen and oxygen atoms in total. The normalized spacial score (nSPS) is 21.4. The fourth-order valence-electron chi connectivity index (χ4n) is 4.55. The average molecular weight is 459 g/mol. The number of carbonyl (C=O) groups excluding carboxylic acids is 1. The molecule has 2 saturated heterocycles. The maximum absolute atomic E-state index is 13.0. The molecule has 2 aliphatic heterocycles. The molecule has 2 unspecified atom stereocenters. The monoisotopic (exact) mass is 458 g/mol. The van der Waals surface area contributed by atoms with E-state index < -0.39 is 10.0 Å². The average Bonchev–Trinajstić information content (AvgIpc) is 2.83. The highest BCUT2D eigenvalue weighted by Crippen LogP contribution is 2.27. The molecule has 1 amide bonds. The van der Waals surface area contributed by atoms with E-state index in [1.54, 1.807) is 22.5 Å². The number of pyridine rings is 1. The van der Waals surface area contributed by atoms with Crippen LogP contribution in [-0.4, -0.2) is 55.8 Å². The third kappa shape index (κ3) is 4.91. The van der Waals surface area contributed by atoms with Crippen molar-refractivity contribution in [1.82, 2.24) is 14.6 Å². The molecule has 8 heteroatoms. The number of nitrogens with one attached hydrogen (secondary N) is 1. The minimum atomic E-state index is -3.46. The van der Waals surface area contributed by atoms with Crippen molar-refractivity contribution in [1.29, 1.82) is 0 Å². The Balaban J connectivity index is 1.51. The van der Waals surface area contributed by atoms with Gasteiger partial charge in [-0.15, -0.1) is 0 Å². The summed E-state index contributed by atoms with van der Waals surface area (Å²) in [6, 6.07) is 9.26. The molecule has 2 aromatic rings. The van der Waals surface area contributed by atoms with Gasteiger partial charge in [0.05, 0.1) is 16.3 Å². The summed E-state index contributed by atoms with van der Waals surface area (Å²) in [5.41, 5.74) is 0.770. The summed E-state index contributed by atoms with van der Waals surface area (Å²) in [6.07, 6.45) is 5.69. The summed E-state index contributed by atoms with van der Waals surface area (Å²) in [5, 5.41) is 3.92. The van der Waals surface area contributed by atoms with E-state index in [1.165, 1.54) is 0 Å². The second-order valence-corrected chi connectivity index (χ2v) is 11.0. The van der Waals surface area contributed by atoms with Gasteiger partial charge in [0, 0.05) is 37.6 Å². The third-order valence-corrected chi connectivity index (χ3v) is 8.61. The lowest BCUT2D eigenvalue weighted by atomic mass is 9.96. The molecule has 4 rings (SSSR count). The zero-order chi connectivity index (χ0) is 22.7. The number of rotatable bonds is 6. The van der Waals surface area contributed by atoms with Crippen molar-refractivity contribution < 1.29 is 13.2 Å². The molecule has 1 aromatic carbocycles. The number of anilines is 1. The zero-order valence-electron chi connectivity index (χ0n) is 19.1. The van der Waals surface area contributed by atoms with Crippen LogP contribution in [0.4, 0.5) is 5.82 Å². The van der Waals surface area contributed by atoms with Gasteiger partial charge in [-0.2, -0.15) is 4.31 Å². The Hall–Kier alpha value is -2.19. The van der Waals surface area contributed by atoms with Crippen molar-refractivity contribution in [2.45, 2.75) is 63.3 Å². The highest BCUT2D eigenvalue weighted by atomic mass is 32.2. The SMILES string of the molecule is CCC(C)NC(=O)C1CCCN(c2ccc3cc(S(=O)(=O)N4CCCCC4)ccc3n2)C1. The van der Waals surface area contributed by atoms with Crippen LogP contribution in [-0.2, 0) is 14.8 Å². The van der Waals surface area contributed by atoms with Crippen LogP contribution in [0.1, 0.15) is 52.4 Å². The summed E-state index contributed by atoms with van der Waals surface area (Å²) in [7, 11) is -3.46. The standard InChI is InChI=1S/C24H34N4O3S/c1-3-18(2)25-24(29)20-8-7-13-27(17-20)23-12-9-19-16-21(10-11-22(19)26-23)32(30,31)28-14-5-4-6-15-28/h9-12,16,18,20H,3-8,13-15,17H2,1-2H3,(H,25,29). The van der Waals surface area contributed by atoms with Gasteiger partial charge >= 0.3 is 0 Å². The van der Waals surface area contributed by atoms with Crippen molar-refractivity contribution in [3.63, 3.8) is 0 Å². The molecule has 0 saturated carbocycles. The molecule has 32 heavy (non-hydrogen) atoms. The predicted molar refractivity (Wildman–Crippen MR) is 127 cm³/mol. The number of amides is 1. The lowest BCUT2D eigenvalue weighted by molar-refractivity contribution is -0.125. The molecule has 0 radical (unpaired) electrons. The van der Waals surface area contributed by atoms with Crippen LogP contribution in [0.5, 0.6) is 0 Å². The van der Waals surface area contributed by atoms with E-state index in [0.29, 0.717) is 24.5 Å². The van der Waals surface area contributed by atoms with E-state index >= 15 is 0 Å². The highest BCUT2D eigenvalue weighted by Gasteiger charge is 2.28. The minimum Gasteiger partial charge on any atom is -0.356 e. The molecular formula is C24H34N4O3S. The van der Waals surface area contributed by atoms with Crippen molar-refractivity contribution in [2.24, 2.45) is 5.92 Å². The second-order valence-electron chi connectivity index (χ2n) is 9.09. The van der Waals surface area contributed by atoms with Crippen molar-refractivity contribution in [3.05, 3.63) is 30.3 Å². The Kier molecular flexibility index (Phi) is 7.00. The first-order valence-electron chi connectivity index (χ1n) is 11.8. The number of carbonyl (C=O) groups is 1. The number of hydrogen-bond donors (Lipinski definition) is 1. The Bertz CT molecular complexity index is 1070. The number of sulfonamides is 1. The van der Waals surface area contributed by atoms with Gasteiger partial charge in [-0.25, -0.2) is 13.4 Å². The van der Waals surface area contributed by atoms with Gasteiger partial charge in [0.2, 0.25) is 15.9 Å². The van der Waals surface area contributed by atoms with Gasteiger partial charge in [0.15, 0.2) is 0 Å². The van der Waals surface area contributed by atoms with Crippen LogP contribution in [0.25, 0.3) is 10.9 Å². The first-order valence-corrected chi connectivity index (χ1v) is 13.3. The Morgan fingerprint density at radius 2 is 1.91 bits per heavy atom. The minimum absolute atomic E-state index is 0.0349. The van der Waals surface area contributed by atoms with E-state index in [0.717, 1.165) is 61.8 Å². The lowest BCUT2D eigenvalue weighted by Gasteiger charge is -2.33. The van der Waals surface area contributed by atoms with Gasteiger partial charge in [-0.3, -0.25) is 4.79 Å². The van der Waals surface area contributed by atoms with Gasteiger partial charge in [0.1, 0.15) is 5.82 Å². The van der Waals surface area contributed by atoms with Crippen LogP contribution in [0.3, 0.4) is 0 Å². The third-order valence-electron chi connectivity index (χ3n) is 6.72. The van der Waals surface area contributed by atoms with Crippen molar-refractivity contribution in [3.8, 4) is 0 Å². The van der Waals surface area contributed by atoms with Crippen molar-refractivity contribution >= 4 is 32.7 Å². The summed E-state index contributed by atoms with van der Waals surface area (Å²) < 4.78 is 27.6. The van der Waals surface area contributed by atoms with Gasteiger partial charge in [0.25, 0.3) is 0 Å². The van der Waals surface area contributed by atoms with Crippen LogP contribution in [0, 0.1) is 5.92 Å². The smallest absolute Gasteiger partial charge is 0.243 e. The summed E-state index contributed by atoms with van der Waals surface area (Å²) in [4.78, 5) is 19.9. The number of hydrogen-bond acceptors (Lipinski definition) is 5.